The first kappa shape index (κ1) is 26.4. The Hall–Kier alpha value is -2.87. The van der Waals surface area contributed by atoms with Gasteiger partial charge >= 0.3 is 0 Å². The number of hydrogen-bond donors (Lipinski definition) is 1. The van der Waals surface area contributed by atoms with E-state index in [9.17, 15) is 18.0 Å². The molecule has 0 heterocycles. The molecule has 0 saturated carbocycles. The zero-order chi connectivity index (χ0) is 24.8. The van der Waals surface area contributed by atoms with Crippen molar-refractivity contribution >= 4 is 27.5 Å². The molecule has 0 spiro atoms. The second-order valence-electron chi connectivity index (χ2n) is 8.56. The topological polar surface area (TPSA) is 86.8 Å². The third-order valence-electron chi connectivity index (χ3n) is 5.66. The van der Waals surface area contributed by atoms with E-state index in [4.69, 9.17) is 0 Å². The number of carbonyl (C=O) groups excluding carboxylic acids is 2. The molecule has 2 rings (SSSR count). The molecule has 0 aliphatic rings. The van der Waals surface area contributed by atoms with Crippen LogP contribution < -0.4 is 9.62 Å². The summed E-state index contributed by atoms with van der Waals surface area (Å²) < 4.78 is 26.4. The van der Waals surface area contributed by atoms with Crippen molar-refractivity contribution in [3.05, 3.63) is 65.2 Å². The minimum absolute atomic E-state index is 0.0312. The number of aryl methyl sites for hydroxylation is 2. The van der Waals surface area contributed by atoms with Gasteiger partial charge in [-0.2, -0.15) is 0 Å². The monoisotopic (exact) mass is 473 g/mol. The molecular weight excluding hydrogens is 438 g/mol. The number of sulfonamides is 1. The highest BCUT2D eigenvalue weighted by Crippen LogP contribution is 2.24. The number of anilines is 1. The molecule has 2 amide bonds. The Bertz CT molecular complexity index is 1070. The van der Waals surface area contributed by atoms with Crippen molar-refractivity contribution in [1.82, 2.24) is 10.2 Å². The zero-order valence-corrected chi connectivity index (χ0v) is 21.1. The van der Waals surface area contributed by atoms with E-state index in [0.29, 0.717) is 5.69 Å². The summed E-state index contributed by atoms with van der Waals surface area (Å²) >= 11 is 0. The van der Waals surface area contributed by atoms with Crippen molar-refractivity contribution in [3.63, 3.8) is 0 Å². The predicted molar refractivity (Wildman–Crippen MR) is 132 cm³/mol. The molecule has 0 unspecified atom stereocenters. The van der Waals surface area contributed by atoms with E-state index < -0.39 is 28.5 Å². The van der Waals surface area contributed by atoms with E-state index in [1.54, 1.807) is 13.0 Å². The average molecular weight is 474 g/mol. The summed E-state index contributed by atoms with van der Waals surface area (Å²) in [5.74, 6) is -0.720. The molecular formula is C25H35N3O4S. The Morgan fingerprint density at radius 3 is 2.21 bits per heavy atom. The first-order valence-electron chi connectivity index (χ1n) is 11.1. The molecule has 8 heteroatoms. The van der Waals surface area contributed by atoms with Crippen LogP contribution in [0.25, 0.3) is 0 Å². The number of hydrogen-bond acceptors (Lipinski definition) is 4. The van der Waals surface area contributed by atoms with Crippen LogP contribution in [0.1, 0.15) is 43.9 Å². The number of rotatable bonds is 10. The number of carbonyl (C=O) groups is 2. The number of nitrogens with zero attached hydrogens (tertiary/aromatic N) is 2. The molecule has 2 atom stereocenters. The zero-order valence-electron chi connectivity index (χ0n) is 20.3. The maximum Gasteiger partial charge on any atom is 0.244 e. The Kier molecular flexibility index (Phi) is 9.05. The second-order valence-corrected chi connectivity index (χ2v) is 10.5. The van der Waals surface area contributed by atoms with Gasteiger partial charge in [0.1, 0.15) is 12.6 Å². The highest BCUT2D eigenvalue weighted by Gasteiger charge is 2.30. The van der Waals surface area contributed by atoms with Crippen LogP contribution in [-0.4, -0.2) is 50.0 Å². The Morgan fingerprint density at radius 1 is 1.03 bits per heavy atom. The van der Waals surface area contributed by atoms with Gasteiger partial charge in [-0.3, -0.25) is 13.9 Å². The molecule has 2 aromatic carbocycles. The van der Waals surface area contributed by atoms with E-state index in [0.717, 1.165) is 33.7 Å². The molecule has 0 bridgehead atoms. The van der Waals surface area contributed by atoms with Gasteiger partial charge in [-0.25, -0.2) is 8.42 Å². The normalized spacial score (nSPS) is 13.2. The molecule has 0 saturated heterocycles. The lowest BCUT2D eigenvalue weighted by Crippen LogP contribution is -2.52. The average Bonchev–Trinajstić information content (AvgIpc) is 2.75. The van der Waals surface area contributed by atoms with Crippen molar-refractivity contribution in [3.8, 4) is 0 Å². The lowest BCUT2D eigenvalue weighted by Gasteiger charge is -2.32. The lowest BCUT2D eigenvalue weighted by atomic mass is 10.1. The third-order valence-corrected chi connectivity index (χ3v) is 6.79. The van der Waals surface area contributed by atoms with E-state index in [1.807, 2.05) is 70.2 Å². The smallest absolute Gasteiger partial charge is 0.244 e. The van der Waals surface area contributed by atoms with Crippen molar-refractivity contribution < 1.29 is 18.0 Å². The summed E-state index contributed by atoms with van der Waals surface area (Å²) in [7, 11) is -3.74. The van der Waals surface area contributed by atoms with Gasteiger partial charge in [0.25, 0.3) is 0 Å². The van der Waals surface area contributed by atoms with E-state index >= 15 is 0 Å². The molecule has 0 aliphatic carbocycles. The Labute approximate surface area is 197 Å². The first-order valence-corrected chi connectivity index (χ1v) is 13.0. The fraction of sp³-hybridized carbons (Fsp3) is 0.440. The van der Waals surface area contributed by atoms with Crippen LogP contribution in [0.3, 0.4) is 0 Å². The van der Waals surface area contributed by atoms with Gasteiger partial charge in [-0.15, -0.1) is 0 Å². The highest BCUT2D eigenvalue weighted by molar-refractivity contribution is 7.92. The molecule has 7 nitrogen and oxygen atoms in total. The second kappa shape index (κ2) is 11.3. The van der Waals surface area contributed by atoms with Crippen LogP contribution >= 0.6 is 0 Å². The van der Waals surface area contributed by atoms with E-state index in [-0.39, 0.29) is 18.5 Å². The fourth-order valence-electron chi connectivity index (χ4n) is 3.51. The van der Waals surface area contributed by atoms with Crippen molar-refractivity contribution in [2.75, 3.05) is 17.1 Å². The van der Waals surface area contributed by atoms with Crippen LogP contribution in [-0.2, 0) is 26.2 Å². The molecule has 0 aliphatic heterocycles. The van der Waals surface area contributed by atoms with Gasteiger partial charge < -0.3 is 10.2 Å². The van der Waals surface area contributed by atoms with E-state index in [1.165, 1.54) is 4.90 Å². The lowest BCUT2D eigenvalue weighted by molar-refractivity contribution is -0.139. The van der Waals surface area contributed by atoms with Gasteiger partial charge in [-0.05, 0) is 51.3 Å². The van der Waals surface area contributed by atoms with Crippen LogP contribution in [0.15, 0.2) is 48.5 Å². The standard InChI is InChI=1S/C25H35N3O4S/c1-7-20(4)26-25(30)21(5)27(16-22-11-9-8-10-12-22)24(29)17-28(33(6,31)32)23-14-13-18(2)15-19(23)3/h8-15,20-21H,7,16-17H2,1-6H3,(H,26,30)/t20-,21-/m1/s1. The van der Waals surface area contributed by atoms with Crippen molar-refractivity contribution in [1.29, 1.82) is 0 Å². The Morgan fingerprint density at radius 2 is 1.67 bits per heavy atom. The molecule has 0 radical (unpaired) electrons. The molecule has 0 aromatic heterocycles. The summed E-state index contributed by atoms with van der Waals surface area (Å²) in [5, 5.41) is 2.92. The summed E-state index contributed by atoms with van der Waals surface area (Å²) in [4.78, 5) is 27.8. The number of nitrogens with one attached hydrogen (secondary N) is 1. The minimum atomic E-state index is -3.74. The largest absolute Gasteiger partial charge is 0.352 e. The van der Waals surface area contributed by atoms with Gasteiger partial charge in [0, 0.05) is 12.6 Å². The SMILES string of the molecule is CC[C@@H](C)NC(=O)[C@@H](C)N(Cc1ccccc1)C(=O)CN(c1ccc(C)cc1C)S(C)(=O)=O. The predicted octanol–water partition coefficient (Wildman–Crippen LogP) is 3.40. The number of amides is 2. The van der Waals surface area contributed by atoms with E-state index in [2.05, 4.69) is 5.32 Å². The van der Waals surface area contributed by atoms with Gasteiger partial charge in [0.2, 0.25) is 21.8 Å². The summed E-state index contributed by atoms with van der Waals surface area (Å²) in [6.07, 6.45) is 1.85. The van der Waals surface area contributed by atoms with Gasteiger partial charge in [0.05, 0.1) is 11.9 Å². The molecule has 2 aromatic rings. The van der Waals surface area contributed by atoms with Gasteiger partial charge in [-0.1, -0.05) is 55.0 Å². The van der Waals surface area contributed by atoms with Crippen LogP contribution in [0.5, 0.6) is 0 Å². The first-order chi connectivity index (χ1) is 15.4. The van der Waals surface area contributed by atoms with Crippen LogP contribution in [0.4, 0.5) is 5.69 Å². The maximum absolute atomic E-state index is 13.5. The van der Waals surface area contributed by atoms with Crippen LogP contribution in [0, 0.1) is 13.8 Å². The summed E-state index contributed by atoms with van der Waals surface area (Å²) in [6.45, 7) is 9.08. The van der Waals surface area contributed by atoms with Crippen molar-refractivity contribution in [2.45, 2.75) is 59.7 Å². The highest BCUT2D eigenvalue weighted by atomic mass is 32.2. The Balaban J connectivity index is 2.39. The maximum atomic E-state index is 13.5. The molecule has 0 fully saturated rings. The number of benzene rings is 2. The third kappa shape index (κ3) is 7.32. The fourth-order valence-corrected chi connectivity index (χ4v) is 4.42. The quantitative estimate of drug-likeness (QED) is 0.573. The van der Waals surface area contributed by atoms with Gasteiger partial charge in [0.15, 0.2) is 0 Å². The van der Waals surface area contributed by atoms with Crippen molar-refractivity contribution in [2.24, 2.45) is 0 Å². The summed E-state index contributed by atoms with van der Waals surface area (Å²) in [5.41, 5.74) is 3.06. The molecule has 180 valence electrons. The molecule has 1 N–H and O–H groups in total. The summed E-state index contributed by atoms with van der Waals surface area (Å²) in [6, 6.07) is 13.9. The van der Waals surface area contributed by atoms with Crippen LogP contribution in [0.2, 0.25) is 0 Å². The molecule has 33 heavy (non-hydrogen) atoms. The minimum Gasteiger partial charge on any atom is -0.352 e.